The van der Waals surface area contributed by atoms with Gasteiger partial charge in [0.25, 0.3) is 0 Å². The lowest BCUT2D eigenvalue weighted by Gasteiger charge is -2.24. The molecular weight excluding hydrogens is 436 g/mol. The van der Waals surface area contributed by atoms with Crippen LogP contribution in [0.4, 0.5) is 0 Å². The van der Waals surface area contributed by atoms with E-state index in [1.165, 1.54) is 0 Å². The molecule has 0 saturated heterocycles. The van der Waals surface area contributed by atoms with E-state index in [-0.39, 0.29) is 17.9 Å². The molecule has 0 unspecified atom stereocenters. The van der Waals surface area contributed by atoms with Crippen molar-refractivity contribution in [1.29, 1.82) is 0 Å². The molecular formula is C30H36N2O3. The minimum atomic E-state index is -0.774. The maximum atomic E-state index is 13.5. The zero-order valence-corrected chi connectivity index (χ0v) is 20.7. The Hall–Kier alpha value is -3.44. The van der Waals surface area contributed by atoms with Crippen LogP contribution in [0.1, 0.15) is 49.8 Å². The molecule has 0 fully saturated rings. The monoisotopic (exact) mass is 472 g/mol. The summed E-state index contributed by atoms with van der Waals surface area (Å²) in [5.41, 5.74) is 4.03. The lowest BCUT2D eigenvalue weighted by atomic mass is 9.99. The van der Waals surface area contributed by atoms with Gasteiger partial charge in [0, 0.05) is 13.5 Å². The topological polar surface area (TPSA) is 67.4 Å². The van der Waals surface area contributed by atoms with E-state index >= 15 is 0 Å². The number of ether oxygens (including phenoxy) is 1. The number of amides is 2. The second-order valence-electron chi connectivity index (χ2n) is 8.80. The van der Waals surface area contributed by atoms with Gasteiger partial charge in [-0.25, -0.2) is 0 Å². The summed E-state index contributed by atoms with van der Waals surface area (Å²) < 4.78 is 5.37. The highest BCUT2D eigenvalue weighted by molar-refractivity contribution is 5.89. The van der Waals surface area contributed by atoms with E-state index < -0.39 is 6.04 Å². The van der Waals surface area contributed by atoms with Gasteiger partial charge in [0.05, 0.1) is 12.6 Å². The Morgan fingerprint density at radius 2 is 1.43 bits per heavy atom. The average molecular weight is 473 g/mol. The Kier molecular flexibility index (Phi) is 10.5. The Labute approximate surface area is 208 Å². The van der Waals surface area contributed by atoms with Gasteiger partial charge in [-0.05, 0) is 35.1 Å². The fourth-order valence-electron chi connectivity index (χ4n) is 4.10. The van der Waals surface area contributed by atoms with Crippen molar-refractivity contribution in [3.63, 3.8) is 0 Å². The molecule has 3 aromatic rings. The van der Waals surface area contributed by atoms with E-state index in [1.54, 1.807) is 7.11 Å². The van der Waals surface area contributed by atoms with Crippen molar-refractivity contribution in [3.05, 3.63) is 96.1 Å². The molecule has 0 heterocycles. The molecule has 0 aliphatic rings. The number of unbranched alkanes of at least 4 members (excludes halogenated alkanes) is 2. The van der Waals surface area contributed by atoms with E-state index in [2.05, 4.69) is 17.6 Å². The van der Waals surface area contributed by atoms with Gasteiger partial charge in [0.2, 0.25) is 11.8 Å². The van der Waals surface area contributed by atoms with Crippen LogP contribution in [-0.4, -0.2) is 31.6 Å². The predicted molar refractivity (Wildman–Crippen MR) is 141 cm³/mol. The largest absolute Gasteiger partial charge is 0.383 e. The molecule has 2 amide bonds. The van der Waals surface area contributed by atoms with Crippen LogP contribution in [0.2, 0.25) is 0 Å². The lowest BCUT2D eigenvalue weighted by Crippen LogP contribution is -2.46. The maximum Gasteiger partial charge on any atom is 0.247 e. The van der Waals surface area contributed by atoms with Crippen molar-refractivity contribution in [3.8, 4) is 11.1 Å². The van der Waals surface area contributed by atoms with Gasteiger partial charge in [-0.3, -0.25) is 9.59 Å². The Balaban J connectivity index is 1.78. The third-order valence-electron chi connectivity index (χ3n) is 5.97. The minimum Gasteiger partial charge on any atom is -0.383 e. The van der Waals surface area contributed by atoms with Gasteiger partial charge in [-0.2, -0.15) is 0 Å². The van der Waals surface area contributed by atoms with E-state index in [0.29, 0.717) is 19.4 Å². The third kappa shape index (κ3) is 8.37. The first-order valence-electron chi connectivity index (χ1n) is 12.4. The quantitative estimate of drug-likeness (QED) is 0.324. The van der Waals surface area contributed by atoms with Gasteiger partial charge in [0.15, 0.2) is 0 Å². The van der Waals surface area contributed by atoms with Crippen molar-refractivity contribution in [2.75, 3.05) is 13.7 Å². The molecule has 2 N–H and O–H groups in total. The number of benzene rings is 3. The molecule has 184 valence electrons. The van der Waals surface area contributed by atoms with Gasteiger partial charge < -0.3 is 15.4 Å². The number of nitrogens with one attached hydrogen (secondary N) is 2. The van der Waals surface area contributed by atoms with E-state index in [1.807, 2.05) is 84.9 Å². The first-order chi connectivity index (χ1) is 17.1. The number of rotatable bonds is 13. The van der Waals surface area contributed by atoms with Crippen LogP contribution in [0.3, 0.4) is 0 Å². The fraction of sp³-hybridized carbons (Fsp3) is 0.333. The summed E-state index contributed by atoms with van der Waals surface area (Å²) in [7, 11) is 1.62. The normalized spacial score (nSPS) is 12.5. The third-order valence-corrected chi connectivity index (χ3v) is 5.97. The molecule has 0 aliphatic heterocycles. The second kappa shape index (κ2) is 14.1. The van der Waals surface area contributed by atoms with Crippen LogP contribution < -0.4 is 10.6 Å². The molecule has 5 heteroatoms. The smallest absolute Gasteiger partial charge is 0.247 e. The van der Waals surface area contributed by atoms with Crippen LogP contribution in [-0.2, 0) is 20.7 Å². The predicted octanol–water partition coefficient (Wildman–Crippen LogP) is 5.47. The van der Waals surface area contributed by atoms with Crippen LogP contribution in [0.5, 0.6) is 0 Å². The number of methoxy groups -OCH3 is 1. The number of carbonyl (C=O) groups excluding carboxylic acids is 2. The molecule has 3 aromatic carbocycles. The molecule has 0 spiro atoms. The van der Waals surface area contributed by atoms with Crippen molar-refractivity contribution in [1.82, 2.24) is 10.6 Å². The number of carbonyl (C=O) groups is 2. The SMILES string of the molecule is CCCCCC(=O)N[C@H](C(=O)N[C@H](COC)Cc1ccccc1)c1ccc(-c2ccccc2)cc1. The van der Waals surface area contributed by atoms with Crippen LogP contribution in [0.15, 0.2) is 84.9 Å². The van der Waals surface area contributed by atoms with Crippen LogP contribution in [0, 0.1) is 0 Å². The highest BCUT2D eigenvalue weighted by atomic mass is 16.5. The Morgan fingerprint density at radius 1 is 0.800 bits per heavy atom. The highest BCUT2D eigenvalue weighted by Crippen LogP contribution is 2.22. The zero-order valence-electron chi connectivity index (χ0n) is 20.7. The van der Waals surface area contributed by atoms with Gasteiger partial charge >= 0.3 is 0 Å². The molecule has 0 aliphatic carbocycles. The van der Waals surface area contributed by atoms with Crippen molar-refractivity contribution in [2.45, 2.75) is 51.1 Å². The number of hydrogen-bond donors (Lipinski definition) is 2. The Morgan fingerprint density at radius 3 is 2.06 bits per heavy atom. The zero-order chi connectivity index (χ0) is 24.9. The molecule has 2 atom stereocenters. The first-order valence-corrected chi connectivity index (χ1v) is 12.4. The van der Waals surface area contributed by atoms with Crippen LogP contribution in [0.25, 0.3) is 11.1 Å². The average Bonchev–Trinajstić information content (AvgIpc) is 2.89. The molecule has 35 heavy (non-hydrogen) atoms. The van der Waals surface area contributed by atoms with E-state index in [0.717, 1.165) is 41.5 Å². The Bertz CT molecular complexity index is 1040. The lowest BCUT2D eigenvalue weighted by molar-refractivity contribution is -0.129. The standard InChI is InChI=1S/C30H36N2O3/c1-3-4-7-16-28(33)32-29(26-19-17-25(18-20-26)24-14-10-6-11-15-24)30(34)31-27(22-35-2)21-23-12-8-5-9-13-23/h5-6,8-15,17-20,27,29H,3-4,7,16,21-22H2,1-2H3,(H,31,34)(H,32,33)/t27-,29-/m0/s1. The van der Waals surface area contributed by atoms with Gasteiger partial charge in [-0.1, -0.05) is 105 Å². The van der Waals surface area contributed by atoms with Crippen LogP contribution >= 0.6 is 0 Å². The molecule has 0 radical (unpaired) electrons. The summed E-state index contributed by atoms with van der Waals surface area (Å²) in [6, 6.07) is 26.9. The summed E-state index contributed by atoms with van der Waals surface area (Å²) in [6.07, 6.45) is 3.89. The highest BCUT2D eigenvalue weighted by Gasteiger charge is 2.25. The second-order valence-corrected chi connectivity index (χ2v) is 8.80. The van der Waals surface area contributed by atoms with Crippen molar-refractivity contribution in [2.24, 2.45) is 0 Å². The van der Waals surface area contributed by atoms with Crippen molar-refractivity contribution >= 4 is 11.8 Å². The summed E-state index contributed by atoms with van der Waals surface area (Å²) in [4.78, 5) is 26.1. The van der Waals surface area contributed by atoms with Gasteiger partial charge in [0.1, 0.15) is 6.04 Å². The maximum absolute atomic E-state index is 13.5. The molecule has 3 rings (SSSR count). The molecule has 0 aromatic heterocycles. The summed E-state index contributed by atoms with van der Waals surface area (Å²) in [5.74, 6) is -0.351. The van der Waals surface area contributed by atoms with E-state index in [9.17, 15) is 9.59 Å². The summed E-state index contributed by atoms with van der Waals surface area (Å²) in [6.45, 7) is 2.48. The molecule has 5 nitrogen and oxygen atoms in total. The summed E-state index contributed by atoms with van der Waals surface area (Å²) >= 11 is 0. The van der Waals surface area contributed by atoms with Crippen molar-refractivity contribution < 1.29 is 14.3 Å². The summed E-state index contributed by atoms with van der Waals surface area (Å²) in [5, 5.41) is 6.08. The molecule has 0 saturated carbocycles. The molecule has 0 bridgehead atoms. The fourth-order valence-corrected chi connectivity index (χ4v) is 4.10. The van der Waals surface area contributed by atoms with Gasteiger partial charge in [-0.15, -0.1) is 0 Å². The minimum absolute atomic E-state index is 0.114. The number of hydrogen-bond acceptors (Lipinski definition) is 3. The first kappa shape index (κ1) is 26.2. The van der Waals surface area contributed by atoms with E-state index in [4.69, 9.17) is 4.74 Å².